The third-order valence-corrected chi connectivity index (χ3v) is 2.28. The molecule has 0 amide bonds. The predicted molar refractivity (Wildman–Crippen MR) is 62.8 cm³/mol. The van der Waals surface area contributed by atoms with Crippen molar-refractivity contribution in [1.82, 2.24) is 0 Å². The Hall–Kier alpha value is -0.196. The number of hydrogen-bond acceptors (Lipinski definition) is 0. The van der Waals surface area contributed by atoms with E-state index in [1.54, 1.807) is 0 Å². The molecule has 0 saturated heterocycles. The van der Waals surface area contributed by atoms with Crippen LogP contribution in [-0.4, -0.2) is 0 Å². The van der Waals surface area contributed by atoms with Gasteiger partial charge >= 0.3 is 0 Å². The minimum atomic E-state index is 0. The maximum atomic E-state index is 2.16. The van der Waals surface area contributed by atoms with Crippen LogP contribution >= 0.6 is 0 Å². The van der Waals surface area contributed by atoms with Crippen LogP contribution in [0.3, 0.4) is 0 Å². The third-order valence-electron chi connectivity index (χ3n) is 2.28. The molecule has 2 aromatic rings. The number of aryl methyl sites for hydroxylation is 2. The molecule has 0 aromatic heterocycles. The average Bonchev–Trinajstić information content (AvgIpc) is 2.92. The Morgan fingerprint density at radius 1 is 0.667 bits per heavy atom. The molecule has 0 atom stereocenters. The second kappa shape index (κ2) is 9.06. The van der Waals surface area contributed by atoms with Gasteiger partial charge in [0.1, 0.15) is 0 Å². The summed E-state index contributed by atoms with van der Waals surface area (Å²) in [5, 5.41) is 0. The van der Waals surface area contributed by atoms with E-state index in [4.69, 9.17) is 0 Å². The van der Waals surface area contributed by atoms with Crippen molar-refractivity contribution in [2.45, 2.75) is 26.7 Å². The van der Waals surface area contributed by atoms with Crippen LogP contribution in [0.2, 0.25) is 0 Å². The minimum absolute atomic E-state index is 0. The van der Waals surface area contributed by atoms with Gasteiger partial charge in [0.2, 0.25) is 0 Å². The summed E-state index contributed by atoms with van der Waals surface area (Å²) in [5.74, 6) is 0. The molecule has 1 heteroatoms. The Bertz CT molecular complexity index is 269. The fourth-order valence-corrected chi connectivity index (χ4v) is 1.30. The van der Waals surface area contributed by atoms with Gasteiger partial charge in [-0.2, -0.15) is 35.4 Å². The zero-order valence-corrected chi connectivity index (χ0v) is 12.4. The van der Waals surface area contributed by atoms with Crippen molar-refractivity contribution in [1.29, 1.82) is 0 Å². The van der Waals surface area contributed by atoms with Gasteiger partial charge in [-0.3, -0.25) is 0 Å². The molecular formula is C14H18Y-2. The molecule has 15 heavy (non-hydrogen) atoms. The summed E-state index contributed by atoms with van der Waals surface area (Å²) < 4.78 is 0. The second-order valence-corrected chi connectivity index (χ2v) is 3.29. The van der Waals surface area contributed by atoms with Crippen molar-refractivity contribution >= 4 is 0 Å². The molecular weight excluding hydrogens is 257 g/mol. The topological polar surface area (TPSA) is 0 Å². The first-order valence-corrected chi connectivity index (χ1v) is 5.28. The molecule has 79 valence electrons. The number of rotatable bonds is 2. The van der Waals surface area contributed by atoms with E-state index in [2.05, 4.69) is 62.4 Å². The molecule has 0 N–H and O–H groups in total. The predicted octanol–water partition coefficient (Wildman–Crippen LogP) is 3.93. The quantitative estimate of drug-likeness (QED) is 0.728. The Labute approximate surface area is 118 Å². The molecule has 2 rings (SSSR count). The van der Waals surface area contributed by atoms with E-state index in [-0.39, 0.29) is 32.7 Å². The Kier molecular flexibility index (Phi) is 8.94. The van der Waals surface area contributed by atoms with E-state index in [1.165, 1.54) is 11.1 Å². The van der Waals surface area contributed by atoms with Gasteiger partial charge in [0.25, 0.3) is 0 Å². The van der Waals surface area contributed by atoms with Gasteiger partial charge in [0, 0.05) is 32.7 Å². The van der Waals surface area contributed by atoms with Gasteiger partial charge < -0.3 is 0 Å². The summed E-state index contributed by atoms with van der Waals surface area (Å²) in [4.78, 5) is 0. The molecule has 0 unspecified atom stereocenters. The van der Waals surface area contributed by atoms with Crippen LogP contribution in [0.4, 0.5) is 0 Å². The largest absolute Gasteiger partial charge is 0.213 e. The van der Waals surface area contributed by atoms with Crippen LogP contribution in [0.5, 0.6) is 0 Å². The van der Waals surface area contributed by atoms with Crippen LogP contribution in [0.1, 0.15) is 25.0 Å². The van der Waals surface area contributed by atoms with Crippen molar-refractivity contribution < 1.29 is 32.7 Å². The molecule has 0 aliphatic carbocycles. The SMILES string of the molecule is CC[c-]1cccc1.CC[c-]1cccc1.[Y]. The second-order valence-electron chi connectivity index (χ2n) is 3.29. The van der Waals surface area contributed by atoms with Crippen molar-refractivity contribution in [3.63, 3.8) is 0 Å². The van der Waals surface area contributed by atoms with E-state index in [0.717, 1.165) is 12.8 Å². The zero-order chi connectivity index (χ0) is 10.2. The first-order chi connectivity index (χ1) is 6.86. The smallest absolute Gasteiger partial charge is 0 e. The van der Waals surface area contributed by atoms with Crippen LogP contribution in [0, 0.1) is 0 Å². The van der Waals surface area contributed by atoms with Gasteiger partial charge in [-0.25, -0.2) is 24.3 Å². The van der Waals surface area contributed by atoms with E-state index in [9.17, 15) is 0 Å². The molecule has 0 spiro atoms. The summed E-state index contributed by atoms with van der Waals surface area (Å²) >= 11 is 0. The Balaban J connectivity index is 0.000000245. The molecule has 0 aliphatic heterocycles. The zero-order valence-electron chi connectivity index (χ0n) is 9.61. The summed E-state index contributed by atoms with van der Waals surface area (Å²) in [6.07, 6.45) is 2.32. The maximum Gasteiger partial charge on any atom is 0 e. The number of hydrogen-bond donors (Lipinski definition) is 0. The van der Waals surface area contributed by atoms with E-state index < -0.39 is 0 Å². The third kappa shape index (κ3) is 6.07. The van der Waals surface area contributed by atoms with E-state index >= 15 is 0 Å². The minimum Gasteiger partial charge on any atom is -0.213 e. The summed E-state index contributed by atoms with van der Waals surface area (Å²) in [5.41, 5.74) is 2.86. The van der Waals surface area contributed by atoms with Gasteiger partial charge in [-0.15, -0.1) is 0 Å². The fourth-order valence-electron chi connectivity index (χ4n) is 1.30. The Morgan fingerprint density at radius 2 is 0.933 bits per heavy atom. The summed E-state index contributed by atoms with van der Waals surface area (Å²) in [7, 11) is 0. The van der Waals surface area contributed by atoms with Crippen LogP contribution in [0.15, 0.2) is 48.5 Å². The molecule has 1 radical (unpaired) electrons. The summed E-state index contributed by atoms with van der Waals surface area (Å²) in [6, 6.07) is 16.8. The molecule has 0 fully saturated rings. The Morgan fingerprint density at radius 3 is 1.07 bits per heavy atom. The molecule has 0 bridgehead atoms. The standard InChI is InChI=1S/2C7H9.Y/c2*1-2-7-5-3-4-6-7;/h2*3-6H,2H2,1H3;/q2*-1;. The van der Waals surface area contributed by atoms with Crippen LogP contribution in [0.25, 0.3) is 0 Å². The average molecular weight is 275 g/mol. The van der Waals surface area contributed by atoms with E-state index in [1.807, 2.05) is 0 Å². The van der Waals surface area contributed by atoms with Gasteiger partial charge in [0.05, 0.1) is 0 Å². The van der Waals surface area contributed by atoms with Crippen molar-refractivity contribution in [2.75, 3.05) is 0 Å². The van der Waals surface area contributed by atoms with Crippen molar-refractivity contribution in [3.8, 4) is 0 Å². The van der Waals surface area contributed by atoms with Gasteiger partial charge in [-0.1, -0.05) is 26.7 Å². The van der Waals surface area contributed by atoms with Crippen LogP contribution < -0.4 is 0 Å². The van der Waals surface area contributed by atoms with Crippen molar-refractivity contribution in [2.24, 2.45) is 0 Å². The fraction of sp³-hybridized carbons (Fsp3) is 0.286. The van der Waals surface area contributed by atoms with Crippen LogP contribution in [-0.2, 0) is 45.6 Å². The molecule has 2 aromatic carbocycles. The first kappa shape index (κ1) is 14.8. The van der Waals surface area contributed by atoms with E-state index in [0.29, 0.717) is 0 Å². The van der Waals surface area contributed by atoms with Gasteiger partial charge in [-0.05, 0) is 0 Å². The molecule has 0 heterocycles. The van der Waals surface area contributed by atoms with Crippen molar-refractivity contribution in [3.05, 3.63) is 59.7 Å². The summed E-state index contributed by atoms with van der Waals surface area (Å²) in [6.45, 7) is 4.32. The monoisotopic (exact) mass is 275 g/mol. The molecule has 0 nitrogen and oxygen atoms in total. The molecule has 0 saturated carbocycles. The molecule has 0 aliphatic rings. The first-order valence-electron chi connectivity index (χ1n) is 5.28. The van der Waals surface area contributed by atoms with Gasteiger partial charge in [0.15, 0.2) is 0 Å². The normalized spacial score (nSPS) is 8.67. The maximum absolute atomic E-state index is 2.16.